The molecule has 0 aliphatic carbocycles. The van der Waals surface area contributed by atoms with Crippen molar-refractivity contribution >= 4 is 17.6 Å². The lowest BCUT2D eigenvalue weighted by molar-refractivity contribution is 0.727. The number of nitrogens with one attached hydrogen (secondary N) is 2. The molecule has 1 aliphatic heterocycles. The van der Waals surface area contributed by atoms with E-state index < -0.39 is 0 Å². The number of aromatic nitrogens is 2. The minimum absolute atomic E-state index is 0.603. The molecule has 0 saturated heterocycles. The molecule has 76 valence electrons. The summed E-state index contributed by atoms with van der Waals surface area (Å²) in [7, 11) is 1.85. The topological polar surface area (TPSA) is 54.2 Å². The molecule has 0 saturated carbocycles. The molecule has 1 aromatic heterocycles. The quantitative estimate of drug-likeness (QED) is 0.734. The number of nitrogens with zero attached hydrogens (tertiary/aromatic N) is 3. The SMILES string of the molecule is Cn1cc(Cl)c(CNC2=NCCN2)n1. The first kappa shape index (κ1) is 9.33. The fourth-order valence-electron chi connectivity index (χ4n) is 1.31. The number of hydrogen-bond acceptors (Lipinski definition) is 4. The summed E-state index contributed by atoms with van der Waals surface area (Å²) in [4.78, 5) is 4.20. The van der Waals surface area contributed by atoms with Gasteiger partial charge in [0, 0.05) is 19.8 Å². The number of rotatable bonds is 2. The second-order valence-electron chi connectivity index (χ2n) is 3.11. The number of aliphatic imine (C=N–C) groups is 1. The summed E-state index contributed by atoms with van der Waals surface area (Å²) < 4.78 is 1.70. The average molecular weight is 214 g/mol. The molecular weight excluding hydrogens is 202 g/mol. The summed E-state index contributed by atoms with van der Waals surface area (Å²) in [6, 6.07) is 0. The van der Waals surface area contributed by atoms with Crippen LogP contribution < -0.4 is 10.6 Å². The molecule has 0 amide bonds. The van der Waals surface area contributed by atoms with Crippen LogP contribution in [0.1, 0.15) is 5.69 Å². The highest BCUT2D eigenvalue weighted by molar-refractivity contribution is 6.31. The van der Waals surface area contributed by atoms with Crippen molar-refractivity contribution in [2.24, 2.45) is 12.0 Å². The number of aryl methyl sites for hydroxylation is 1. The fourth-order valence-corrected chi connectivity index (χ4v) is 1.55. The minimum atomic E-state index is 0.603. The minimum Gasteiger partial charge on any atom is -0.355 e. The molecule has 1 aliphatic rings. The van der Waals surface area contributed by atoms with Crippen LogP contribution in [0.2, 0.25) is 5.02 Å². The number of guanidine groups is 1. The van der Waals surface area contributed by atoms with Gasteiger partial charge in [0.15, 0.2) is 5.96 Å². The summed E-state index contributed by atoms with van der Waals surface area (Å²) in [6.07, 6.45) is 1.78. The van der Waals surface area contributed by atoms with E-state index in [4.69, 9.17) is 11.6 Å². The summed E-state index contributed by atoms with van der Waals surface area (Å²) >= 11 is 5.95. The molecule has 0 unspecified atom stereocenters. The summed E-state index contributed by atoms with van der Waals surface area (Å²) in [5, 5.41) is 11.1. The van der Waals surface area contributed by atoms with Gasteiger partial charge in [-0.25, -0.2) is 0 Å². The van der Waals surface area contributed by atoms with E-state index >= 15 is 0 Å². The smallest absolute Gasteiger partial charge is 0.191 e. The lowest BCUT2D eigenvalue weighted by Gasteiger charge is -2.03. The van der Waals surface area contributed by atoms with Gasteiger partial charge in [0.1, 0.15) is 5.69 Å². The normalized spacial score (nSPS) is 15.1. The number of hydrogen-bond donors (Lipinski definition) is 2. The molecule has 0 bridgehead atoms. The highest BCUT2D eigenvalue weighted by Gasteiger charge is 2.08. The first-order valence-corrected chi connectivity index (χ1v) is 4.84. The molecule has 2 rings (SSSR count). The Bertz CT molecular complexity index is 357. The van der Waals surface area contributed by atoms with Crippen molar-refractivity contribution in [1.29, 1.82) is 0 Å². The van der Waals surface area contributed by atoms with E-state index in [-0.39, 0.29) is 0 Å². The molecule has 5 nitrogen and oxygen atoms in total. The van der Waals surface area contributed by atoms with Crippen molar-refractivity contribution in [3.63, 3.8) is 0 Å². The van der Waals surface area contributed by atoms with Crippen molar-refractivity contribution in [3.05, 3.63) is 16.9 Å². The van der Waals surface area contributed by atoms with E-state index in [0.29, 0.717) is 11.6 Å². The van der Waals surface area contributed by atoms with E-state index in [1.54, 1.807) is 10.9 Å². The van der Waals surface area contributed by atoms with Gasteiger partial charge in [0.25, 0.3) is 0 Å². The van der Waals surface area contributed by atoms with Crippen molar-refractivity contribution < 1.29 is 0 Å². The van der Waals surface area contributed by atoms with E-state index in [9.17, 15) is 0 Å². The molecule has 1 aromatic rings. The van der Waals surface area contributed by atoms with Crippen molar-refractivity contribution in [2.45, 2.75) is 6.54 Å². The van der Waals surface area contributed by atoms with Crippen LogP contribution in [0, 0.1) is 0 Å². The van der Waals surface area contributed by atoms with Crippen LogP contribution in [0.5, 0.6) is 0 Å². The Balaban J connectivity index is 1.94. The maximum atomic E-state index is 5.95. The molecule has 6 heteroatoms. The fraction of sp³-hybridized carbons (Fsp3) is 0.500. The van der Waals surface area contributed by atoms with Crippen LogP contribution >= 0.6 is 11.6 Å². The lowest BCUT2D eigenvalue weighted by Crippen LogP contribution is -2.33. The molecule has 2 heterocycles. The molecule has 2 N–H and O–H groups in total. The Labute approximate surface area is 87.2 Å². The second kappa shape index (κ2) is 3.88. The van der Waals surface area contributed by atoms with Crippen LogP contribution in [0.4, 0.5) is 0 Å². The third-order valence-corrected chi connectivity index (χ3v) is 2.27. The predicted octanol–water partition coefficient (Wildman–Crippen LogP) is 0.122. The van der Waals surface area contributed by atoms with Crippen LogP contribution in [-0.4, -0.2) is 28.8 Å². The van der Waals surface area contributed by atoms with Crippen LogP contribution in [0.15, 0.2) is 11.2 Å². The molecule has 0 atom stereocenters. The second-order valence-corrected chi connectivity index (χ2v) is 3.52. The predicted molar refractivity (Wildman–Crippen MR) is 55.4 cm³/mol. The van der Waals surface area contributed by atoms with Crippen molar-refractivity contribution in [1.82, 2.24) is 20.4 Å². The van der Waals surface area contributed by atoms with Crippen LogP contribution in [0.25, 0.3) is 0 Å². The molecule has 0 aromatic carbocycles. The van der Waals surface area contributed by atoms with Gasteiger partial charge in [0.05, 0.1) is 18.1 Å². The van der Waals surface area contributed by atoms with Gasteiger partial charge in [-0.05, 0) is 0 Å². The zero-order valence-corrected chi connectivity index (χ0v) is 8.67. The molecule has 0 fully saturated rings. The third-order valence-electron chi connectivity index (χ3n) is 1.95. The Kier molecular flexibility index (Phi) is 2.58. The zero-order chi connectivity index (χ0) is 9.97. The van der Waals surface area contributed by atoms with E-state index in [1.807, 2.05) is 7.05 Å². The Morgan fingerprint density at radius 1 is 1.71 bits per heavy atom. The highest BCUT2D eigenvalue weighted by atomic mass is 35.5. The Hall–Kier alpha value is -1.23. The monoisotopic (exact) mass is 213 g/mol. The van der Waals surface area contributed by atoms with Gasteiger partial charge < -0.3 is 10.6 Å². The Morgan fingerprint density at radius 2 is 2.57 bits per heavy atom. The summed E-state index contributed by atoms with van der Waals surface area (Å²) in [6.45, 7) is 2.34. The van der Waals surface area contributed by atoms with E-state index in [1.165, 1.54) is 0 Å². The highest BCUT2D eigenvalue weighted by Crippen LogP contribution is 2.12. The van der Waals surface area contributed by atoms with Gasteiger partial charge in [-0.2, -0.15) is 5.10 Å². The summed E-state index contributed by atoms with van der Waals surface area (Å²) in [5.41, 5.74) is 0.838. The van der Waals surface area contributed by atoms with Gasteiger partial charge >= 0.3 is 0 Å². The van der Waals surface area contributed by atoms with Gasteiger partial charge in [-0.3, -0.25) is 9.67 Å². The maximum absolute atomic E-state index is 5.95. The summed E-state index contributed by atoms with van der Waals surface area (Å²) in [5.74, 6) is 0.826. The van der Waals surface area contributed by atoms with Gasteiger partial charge in [-0.1, -0.05) is 11.6 Å². The maximum Gasteiger partial charge on any atom is 0.191 e. The first-order valence-electron chi connectivity index (χ1n) is 4.46. The lowest BCUT2D eigenvalue weighted by atomic mass is 10.4. The molecule has 0 spiro atoms. The third kappa shape index (κ3) is 1.98. The van der Waals surface area contributed by atoms with Crippen molar-refractivity contribution in [3.8, 4) is 0 Å². The molecular formula is C8H12ClN5. The van der Waals surface area contributed by atoms with Crippen molar-refractivity contribution in [2.75, 3.05) is 13.1 Å². The Morgan fingerprint density at radius 3 is 3.14 bits per heavy atom. The zero-order valence-electron chi connectivity index (χ0n) is 7.92. The van der Waals surface area contributed by atoms with E-state index in [0.717, 1.165) is 24.7 Å². The van der Waals surface area contributed by atoms with E-state index in [2.05, 4.69) is 20.7 Å². The first-order chi connectivity index (χ1) is 6.75. The molecule has 0 radical (unpaired) electrons. The van der Waals surface area contributed by atoms with Gasteiger partial charge in [0.2, 0.25) is 0 Å². The van der Waals surface area contributed by atoms with Crippen LogP contribution in [0.3, 0.4) is 0 Å². The standard InChI is InChI=1S/C8H12ClN5/c1-14-5-6(9)7(13-14)4-12-8-10-2-3-11-8/h5H,2-4H2,1H3,(H2,10,11,12). The average Bonchev–Trinajstić information content (AvgIpc) is 2.72. The molecule has 14 heavy (non-hydrogen) atoms. The van der Waals surface area contributed by atoms with Gasteiger partial charge in [-0.15, -0.1) is 0 Å². The number of halogens is 1. The largest absolute Gasteiger partial charge is 0.355 e. The van der Waals surface area contributed by atoms with Crippen LogP contribution in [-0.2, 0) is 13.6 Å².